The quantitative estimate of drug-likeness (QED) is 0.299. The van der Waals surface area contributed by atoms with Crippen molar-refractivity contribution < 1.29 is 74.9 Å². The van der Waals surface area contributed by atoms with Crippen molar-refractivity contribution in [2.24, 2.45) is 0 Å². The molecule has 82 valence electrons. The summed E-state index contributed by atoms with van der Waals surface area (Å²) in [5.41, 5.74) is 0. The first-order chi connectivity index (χ1) is 6.06. The topological polar surface area (TPSA) is 54.4 Å². The second kappa shape index (κ2) is 13.7. The van der Waals surface area contributed by atoms with Gasteiger partial charge < -0.3 is 2.85 Å². The molecule has 0 spiro atoms. The predicted octanol–water partition coefficient (Wildman–Crippen LogP) is -3.02. The summed E-state index contributed by atoms with van der Waals surface area (Å²) >= 11 is 0. The molecule has 0 bridgehead atoms. The Kier molecular flexibility index (Phi) is 20.0. The summed E-state index contributed by atoms with van der Waals surface area (Å²) in [5.74, 6) is 0. The molecule has 1 N–H and O–H groups in total. The van der Waals surface area contributed by atoms with E-state index < -0.39 is 10.1 Å². The van der Waals surface area contributed by atoms with E-state index in [9.17, 15) is 8.42 Å². The van der Waals surface area contributed by atoms with Crippen molar-refractivity contribution >= 4 is 10.1 Å². The molecule has 15 heavy (non-hydrogen) atoms. The Balaban J connectivity index is -0.000000120. The Morgan fingerprint density at radius 3 is 2.13 bits per heavy atom. The summed E-state index contributed by atoms with van der Waals surface area (Å²) in [4.78, 5) is 0. The van der Waals surface area contributed by atoms with Gasteiger partial charge in [0, 0.05) is 0 Å². The van der Waals surface area contributed by atoms with Gasteiger partial charge in [-0.2, -0.15) is 8.42 Å². The minimum atomic E-state index is -3.90. The van der Waals surface area contributed by atoms with Gasteiger partial charge in [-0.3, -0.25) is 4.55 Å². The summed E-state index contributed by atoms with van der Waals surface area (Å²) in [7, 11) is -3.90. The van der Waals surface area contributed by atoms with Crippen molar-refractivity contribution in [2.45, 2.75) is 45.4 Å². The minimum absolute atomic E-state index is 0. The smallest absolute Gasteiger partial charge is 1.00 e. The van der Waals surface area contributed by atoms with Gasteiger partial charge in [0.15, 0.2) is 0 Å². The first kappa shape index (κ1) is 21.9. The van der Waals surface area contributed by atoms with Crippen LogP contribution < -0.4 is 59.1 Å². The minimum Gasteiger partial charge on any atom is -1.00 e. The van der Waals surface area contributed by atoms with E-state index in [1.165, 1.54) is 25.3 Å². The second-order valence-corrected chi connectivity index (χ2v) is 4.39. The Labute approximate surface area is 140 Å². The van der Waals surface area contributed by atoms with E-state index in [0.29, 0.717) is 0 Å². The fourth-order valence-electron chi connectivity index (χ4n) is 1.06. The molecule has 0 amide bonds. The molecule has 0 radical (unpaired) electrons. The molecule has 0 aromatic heterocycles. The molecule has 0 saturated heterocycles. The Bertz CT molecular complexity index is 247. The van der Waals surface area contributed by atoms with Crippen LogP contribution in [-0.2, 0) is 10.1 Å². The van der Waals surface area contributed by atoms with Crippen LogP contribution >= 0.6 is 0 Å². The molecule has 0 atom stereocenters. The Morgan fingerprint density at radius 2 is 1.67 bits per heavy atom. The van der Waals surface area contributed by atoms with Crippen molar-refractivity contribution in [2.75, 3.05) is 0 Å². The predicted molar refractivity (Wildman–Crippen MR) is 56.3 cm³/mol. The average molecular weight is 254 g/mol. The molecule has 0 aromatic rings. The van der Waals surface area contributed by atoms with E-state index in [2.05, 4.69) is 6.92 Å². The number of rotatable bonds is 7. The number of hydrogen-bond acceptors (Lipinski definition) is 2. The number of unbranched alkanes of at least 4 members (excludes halogenated alkanes) is 5. The standard InChI is InChI=1S/C9H18O3S.2Na.2H/c1-2-3-4-5-6-7-8-9-13(10,11)12;;;;/h8-9H,2-7H2,1H3,(H,10,11,12);;;;/q;2*+1;2*-1. The third-order valence-corrected chi connectivity index (χ3v) is 2.28. The van der Waals surface area contributed by atoms with Crippen LogP contribution in [-0.4, -0.2) is 13.0 Å². The average Bonchev–Trinajstić information content (AvgIpc) is 2.01. The van der Waals surface area contributed by atoms with Gasteiger partial charge in [-0.25, -0.2) is 0 Å². The number of hydrogen-bond donors (Lipinski definition) is 1. The third-order valence-electron chi connectivity index (χ3n) is 1.74. The van der Waals surface area contributed by atoms with Crippen LogP contribution in [0.2, 0.25) is 0 Å². The maximum absolute atomic E-state index is 10.2. The zero-order chi connectivity index (χ0) is 10.2. The van der Waals surface area contributed by atoms with Crippen molar-refractivity contribution in [1.29, 1.82) is 0 Å². The molecule has 6 heteroatoms. The van der Waals surface area contributed by atoms with Crippen LogP contribution in [0.25, 0.3) is 0 Å². The fraction of sp³-hybridized carbons (Fsp3) is 0.778. The van der Waals surface area contributed by atoms with Crippen LogP contribution in [0.1, 0.15) is 48.3 Å². The van der Waals surface area contributed by atoms with E-state index in [-0.39, 0.29) is 62.0 Å². The van der Waals surface area contributed by atoms with Gasteiger partial charge in [-0.15, -0.1) is 0 Å². The van der Waals surface area contributed by atoms with Gasteiger partial charge in [0.05, 0.1) is 5.41 Å². The second-order valence-electron chi connectivity index (χ2n) is 3.09. The fourth-order valence-corrected chi connectivity index (χ4v) is 1.43. The normalized spacial score (nSPS) is 10.8. The van der Waals surface area contributed by atoms with Crippen molar-refractivity contribution in [3.8, 4) is 0 Å². The van der Waals surface area contributed by atoms with E-state index in [4.69, 9.17) is 4.55 Å². The summed E-state index contributed by atoms with van der Waals surface area (Å²) < 4.78 is 28.8. The summed E-state index contributed by atoms with van der Waals surface area (Å²) in [6, 6.07) is 0. The van der Waals surface area contributed by atoms with Crippen LogP contribution in [0.4, 0.5) is 0 Å². The van der Waals surface area contributed by atoms with Gasteiger partial charge in [0.25, 0.3) is 10.1 Å². The molecule has 0 aromatic carbocycles. The Morgan fingerprint density at radius 1 is 1.13 bits per heavy atom. The zero-order valence-electron chi connectivity index (χ0n) is 12.1. The molecule has 0 heterocycles. The van der Waals surface area contributed by atoms with E-state index in [0.717, 1.165) is 24.7 Å². The van der Waals surface area contributed by atoms with E-state index >= 15 is 0 Å². The SMILES string of the molecule is CCCCCCCC=CS(=O)(=O)O.[H-].[H-].[Na+].[Na+]. The first-order valence-electron chi connectivity index (χ1n) is 4.70. The van der Waals surface area contributed by atoms with E-state index in [1.54, 1.807) is 0 Å². The Hall–Kier alpha value is 1.65. The van der Waals surface area contributed by atoms with Gasteiger partial charge >= 0.3 is 59.1 Å². The molecule has 0 rings (SSSR count). The van der Waals surface area contributed by atoms with Gasteiger partial charge in [-0.1, -0.05) is 38.7 Å². The summed E-state index contributed by atoms with van der Waals surface area (Å²) in [5, 5.41) is 0.854. The van der Waals surface area contributed by atoms with Gasteiger partial charge in [0.1, 0.15) is 0 Å². The van der Waals surface area contributed by atoms with Crippen molar-refractivity contribution in [3.05, 3.63) is 11.5 Å². The van der Waals surface area contributed by atoms with Crippen LogP contribution in [0.3, 0.4) is 0 Å². The van der Waals surface area contributed by atoms with Crippen LogP contribution in [0.15, 0.2) is 11.5 Å². The largest absolute Gasteiger partial charge is 1.00 e. The van der Waals surface area contributed by atoms with E-state index in [1.807, 2.05) is 0 Å². The molecular formula is C9H20Na2O3S. The third kappa shape index (κ3) is 21.5. The first-order valence-corrected chi connectivity index (χ1v) is 6.20. The molecule has 0 aliphatic rings. The molecule has 3 nitrogen and oxygen atoms in total. The van der Waals surface area contributed by atoms with Crippen LogP contribution in [0, 0.1) is 0 Å². The summed E-state index contributed by atoms with van der Waals surface area (Å²) in [6.45, 7) is 2.15. The molecule has 0 unspecified atom stereocenters. The van der Waals surface area contributed by atoms with Crippen LogP contribution in [0.5, 0.6) is 0 Å². The maximum Gasteiger partial charge on any atom is 1.00 e. The molecule has 0 aliphatic heterocycles. The van der Waals surface area contributed by atoms with Gasteiger partial charge in [0.2, 0.25) is 0 Å². The molecular weight excluding hydrogens is 234 g/mol. The molecule has 0 saturated carbocycles. The number of allylic oxidation sites excluding steroid dienone is 1. The maximum atomic E-state index is 10.2. The van der Waals surface area contributed by atoms with Crippen molar-refractivity contribution in [1.82, 2.24) is 0 Å². The van der Waals surface area contributed by atoms with Crippen molar-refractivity contribution in [3.63, 3.8) is 0 Å². The summed E-state index contributed by atoms with van der Waals surface area (Å²) in [6.07, 6.45) is 8.00. The van der Waals surface area contributed by atoms with Gasteiger partial charge in [-0.05, 0) is 12.8 Å². The monoisotopic (exact) mass is 254 g/mol. The zero-order valence-corrected chi connectivity index (χ0v) is 14.9. The molecule has 0 aliphatic carbocycles. The molecule has 0 fully saturated rings.